The minimum atomic E-state index is -0.0654. The molecule has 2 aromatic rings. The average molecular weight is 284 g/mol. The Kier molecular flexibility index (Phi) is 4.56. The summed E-state index contributed by atoms with van der Waals surface area (Å²) in [5, 5.41) is 9.47. The van der Waals surface area contributed by atoms with Crippen LogP contribution in [0.1, 0.15) is 45.2 Å². The van der Waals surface area contributed by atoms with Crippen LogP contribution in [-0.4, -0.2) is 11.2 Å². The van der Waals surface area contributed by atoms with E-state index in [0.29, 0.717) is 5.75 Å². The Balaban J connectivity index is 2.33. The fourth-order valence-corrected chi connectivity index (χ4v) is 2.58. The Morgan fingerprint density at radius 1 is 0.952 bits per heavy atom. The summed E-state index contributed by atoms with van der Waals surface area (Å²) in [6.07, 6.45) is 1.17. The highest BCUT2D eigenvalue weighted by molar-refractivity contribution is 5.42. The third-order valence-electron chi connectivity index (χ3n) is 4.07. The van der Waals surface area contributed by atoms with Crippen LogP contribution in [-0.2, 0) is 5.41 Å². The molecule has 0 fully saturated rings. The Hall–Kier alpha value is -1.96. The second kappa shape index (κ2) is 6.21. The van der Waals surface area contributed by atoms with Crippen molar-refractivity contribution in [3.63, 3.8) is 0 Å². The Morgan fingerprint density at radius 3 is 1.86 bits per heavy atom. The molecule has 0 saturated heterocycles. The van der Waals surface area contributed by atoms with Crippen LogP contribution < -0.4 is 4.74 Å². The van der Waals surface area contributed by atoms with E-state index >= 15 is 0 Å². The van der Waals surface area contributed by atoms with E-state index in [1.165, 1.54) is 11.1 Å². The van der Waals surface area contributed by atoms with Crippen LogP contribution in [0.4, 0.5) is 0 Å². The maximum absolute atomic E-state index is 9.47. The summed E-state index contributed by atoms with van der Waals surface area (Å²) < 4.78 is 5.70. The van der Waals surface area contributed by atoms with Crippen LogP contribution >= 0.6 is 0 Å². The summed E-state index contributed by atoms with van der Waals surface area (Å²) in [5.41, 5.74) is 2.40. The summed E-state index contributed by atoms with van der Waals surface area (Å²) in [6, 6.07) is 15.8. The molecule has 0 radical (unpaired) electrons. The highest BCUT2D eigenvalue weighted by Crippen LogP contribution is 2.36. The number of rotatable bonds is 5. The molecule has 0 amide bonds. The molecule has 2 nitrogen and oxygen atoms in total. The van der Waals surface area contributed by atoms with Crippen molar-refractivity contribution < 1.29 is 9.84 Å². The SMILES string of the molecule is CCC(C)(c1ccc(O)cc1)c1ccc(OC(C)C)cc1. The van der Waals surface area contributed by atoms with Crippen molar-refractivity contribution in [1.29, 1.82) is 0 Å². The number of benzene rings is 2. The lowest BCUT2D eigenvalue weighted by Gasteiger charge is -2.30. The lowest BCUT2D eigenvalue weighted by molar-refractivity contribution is 0.242. The van der Waals surface area contributed by atoms with E-state index in [0.717, 1.165) is 12.2 Å². The smallest absolute Gasteiger partial charge is 0.119 e. The first kappa shape index (κ1) is 15.4. The largest absolute Gasteiger partial charge is 0.508 e. The fourth-order valence-electron chi connectivity index (χ4n) is 2.58. The third-order valence-corrected chi connectivity index (χ3v) is 4.07. The maximum atomic E-state index is 9.47. The molecule has 1 atom stereocenters. The van der Waals surface area contributed by atoms with Gasteiger partial charge in [-0.2, -0.15) is 0 Å². The maximum Gasteiger partial charge on any atom is 0.119 e. The quantitative estimate of drug-likeness (QED) is 0.846. The van der Waals surface area contributed by atoms with E-state index in [-0.39, 0.29) is 11.5 Å². The van der Waals surface area contributed by atoms with Crippen LogP contribution in [0, 0.1) is 0 Å². The molecule has 0 aromatic heterocycles. The Morgan fingerprint density at radius 2 is 1.43 bits per heavy atom. The van der Waals surface area contributed by atoms with E-state index in [1.807, 2.05) is 38.1 Å². The molecular weight excluding hydrogens is 260 g/mol. The number of ether oxygens (including phenoxy) is 1. The van der Waals surface area contributed by atoms with Crippen LogP contribution in [0.25, 0.3) is 0 Å². The predicted octanol–water partition coefficient (Wildman–Crippen LogP) is 4.90. The van der Waals surface area contributed by atoms with E-state index < -0.39 is 0 Å². The molecule has 0 aliphatic carbocycles. The molecule has 21 heavy (non-hydrogen) atoms. The first-order chi connectivity index (χ1) is 9.95. The van der Waals surface area contributed by atoms with Crippen LogP contribution in [0.15, 0.2) is 48.5 Å². The molecule has 112 valence electrons. The van der Waals surface area contributed by atoms with Crippen LogP contribution in [0.3, 0.4) is 0 Å². The molecule has 1 unspecified atom stereocenters. The van der Waals surface area contributed by atoms with E-state index in [1.54, 1.807) is 12.1 Å². The summed E-state index contributed by atoms with van der Waals surface area (Å²) in [4.78, 5) is 0. The Labute approximate surface area is 127 Å². The van der Waals surface area contributed by atoms with Crippen molar-refractivity contribution in [1.82, 2.24) is 0 Å². The summed E-state index contributed by atoms with van der Waals surface area (Å²) in [7, 11) is 0. The number of hydrogen-bond acceptors (Lipinski definition) is 2. The van der Waals surface area contributed by atoms with Gasteiger partial charge in [-0.1, -0.05) is 38.1 Å². The topological polar surface area (TPSA) is 29.5 Å². The van der Waals surface area contributed by atoms with Gasteiger partial charge in [-0.15, -0.1) is 0 Å². The van der Waals surface area contributed by atoms with E-state index in [2.05, 4.69) is 26.0 Å². The van der Waals surface area contributed by atoms with Crippen LogP contribution in [0.5, 0.6) is 11.5 Å². The molecule has 0 saturated carbocycles. The number of aromatic hydroxyl groups is 1. The molecular formula is C19H24O2. The zero-order valence-electron chi connectivity index (χ0n) is 13.3. The summed E-state index contributed by atoms with van der Waals surface area (Å²) >= 11 is 0. The molecule has 0 aliphatic rings. The fraction of sp³-hybridized carbons (Fsp3) is 0.368. The molecule has 0 bridgehead atoms. The van der Waals surface area contributed by atoms with E-state index in [9.17, 15) is 5.11 Å². The highest BCUT2D eigenvalue weighted by atomic mass is 16.5. The average Bonchev–Trinajstić information content (AvgIpc) is 2.47. The number of phenolic OH excluding ortho intramolecular Hbond substituents is 1. The van der Waals surface area contributed by atoms with E-state index in [4.69, 9.17) is 4.74 Å². The van der Waals surface area contributed by atoms with Crippen molar-refractivity contribution in [3.05, 3.63) is 59.7 Å². The second-order valence-electron chi connectivity index (χ2n) is 5.92. The highest BCUT2D eigenvalue weighted by Gasteiger charge is 2.26. The van der Waals surface area contributed by atoms with Crippen molar-refractivity contribution in [3.8, 4) is 11.5 Å². The molecule has 2 rings (SSSR count). The lowest BCUT2D eigenvalue weighted by Crippen LogP contribution is -2.22. The van der Waals surface area contributed by atoms with Gasteiger partial charge >= 0.3 is 0 Å². The second-order valence-corrected chi connectivity index (χ2v) is 5.92. The molecule has 1 N–H and O–H groups in total. The third kappa shape index (κ3) is 3.38. The standard InChI is InChI=1S/C19H24O2/c1-5-19(4,15-6-10-17(20)11-7-15)16-8-12-18(13-9-16)21-14(2)3/h6-14,20H,5H2,1-4H3. The molecule has 2 heteroatoms. The Bertz CT molecular complexity index is 570. The lowest BCUT2D eigenvalue weighted by atomic mass is 9.74. The van der Waals surface area contributed by atoms with Gasteiger partial charge in [0.15, 0.2) is 0 Å². The monoisotopic (exact) mass is 284 g/mol. The van der Waals surface area contributed by atoms with Gasteiger partial charge < -0.3 is 9.84 Å². The van der Waals surface area contributed by atoms with Gasteiger partial charge in [0.25, 0.3) is 0 Å². The molecule has 0 heterocycles. The minimum absolute atomic E-state index is 0.0654. The van der Waals surface area contributed by atoms with Gasteiger partial charge in [-0.3, -0.25) is 0 Å². The molecule has 0 aliphatic heterocycles. The van der Waals surface area contributed by atoms with Gasteiger partial charge in [0.1, 0.15) is 11.5 Å². The number of hydrogen-bond donors (Lipinski definition) is 1. The molecule has 2 aromatic carbocycles. The first-order valence-electron chi connectivity index (χ1n) is 7.52. The summed E-state index contributed by atoms with van der Waals surface area (Å²) in [6.45, 7) is 8.48. The minimum Gasteiger partial charge on any atom is -0.508 e. The zero-order valence-corrected chi connectivity index (χ0v) is 13.3. The zero-order chi connectivity index (χ0) is 15.5. The van der Waals surface area contributed by atoms with Crippen molar-refractivity contribution in [2.24, 2.45) is 0 Å². The summed E-state index contributed by atoms with van der Waals surface area (Å²) in [5.74, 6) is 1.20. The van der Waals surface area contributed by atoms with Crippen molar-refractivity contribution in [2.75, 3.05) is 0 Å². The predicted molar refractivity (Wildman–Crippen MR) is 87.1 cm³/mol. The van der Waals surface area contributed by atoms with Crippen molar-refractivity contribution >= 4 is 0 Å². The van der Waals surface area contributed by atoms with Gasteiger partial charge in [0.05, 0.1) is 6.10 Å². The van der Waals surface area contributed by atoms with Crippen LogP contribution in [0.2, 0.25) is 0 Å². The number of phenols is 1. The first-order valence-corrected chi connectivity index (χ1v) is 7.52. The molecule has 0 spiro atoms. The van der Waals surface area contributed by atoms with Crippen molar-refractivity contribution in [2.45, 2.75) is 45.6 Å². The normalized spacial score (nSPS) is 14.0. The van der Waals surface area contributed by atoms with Gasteiger partial charge in [0, 0.05) is 5.41 Å². The van der Waals surface area contributed by atoms with Gasteiger partial charge in [-0.25, -0.2) is 0 Å². The van der Waals surface area contributed by atoms with Gasteiger partial charge in [0.2, 0.25) is 0 Å². The van der Waals surface area contributed by atoms with Gasteiger partial charge in [-0.05, 0) is 55.7 Å².